The summed E-state index contributed by atoms with van der Waals surface area (Å²) in [6.07, 6.45) is 2.71. The van der Waals surface area contributed by atoms with Crippen molar-refractivity contribution >= 4 is 12.7 Å². The monoisotopic (exact) mass is 254 g/mol. The van der Waals surface area contributed by atoms with Crippen LogP contribution in [-0.4, -0.2) is 25.1 Å². The summed E-state index contributed by atoms with van der Waals surface area (Å²) in [5, 5.41) is 0. The van der Waals surface area contributed by atoms with Crippen LogP contribution in [0, 0.1) is 5.92 Å². The van der Waals surface area contributed by atoms with E-state index in [0.717, 1.165) is 5.69 Å². The quantitative estimate of drug-likeness (QED) is 0.668. The number of pyridine rings is 1. The van der Waals surface area contributed by atoms with Crippen LogP contribution in [0.4, 0.5) is 18.6 Å². The van der Waals surface area contributed by atoms with E-state index in [4.69, 9.17) is 0 Å². The third-order valence-corrected chi connectivity index (χ3v) is 2.57. The Labute approximate surface area is 135 Å². The van der Waals surface area contributed by atoms with E-state index < -0.39 is 13.3 Å². The van der Waals surface area contributed by atoms with Crippen LogP contribution in [0.5, 0.6) is 0 Å². The molecule has 0 spiro atoms. The minimum Gasteiger partial charge on any atom is -0.449 e. The minimum atomic E-state index is -4.63. The maximum atomic E-state index is 12.1. The molecule has 16 heavy (non-hydrogen) atoms. The molecule has 0 N–H and O–H groups in total. The van der Waals surface area contributed by atoms with E-state index in [1.807, 2.05) is 11.0 Å². The molecule has 0 aliphatic carbocycles. The van der Waals surface area contributed by atoms with E-state index in [9.17, 15) is 12.9 Å². The average molecular weight is 254 g/mol. The first-order chi connectivity index (χ1) is 7.04. The standard InChI is InChI=1S/C9H11BF3N2.K/c11-10(12,13)4-8-6-15(7-8)9-2-1-3-14-5-9;/h1-3,5,8H,4,6-7H2;/q-1;+1. The van der Waals surface area contributed by atoms with Crippen molar-refractivity contribution in [2.75, 3.05) is 18.0 Å². The Morgan fingerprint density at radius 3 is 2.56 bits per heavy atom. The molecule has 0 aromatic carbocycles. The van der Waals surface area contributed by atoms with E-state index in [1.54, 1.807) is 18.5 Å². The Hall–Kier alpha value is 0.441. The van der Waals surface area contributed by atoms with Crippen LogP contribution >= 0.6 is 0 Å². The first-order valence-electron chi connectivity index (χ1n) is 4.90. The SMILES string of the molecule is F[B-](F)(F)CC1CN(c2cccnc2)C1.[K+]. The van der Waals surface area contributed by atoms with Gasteiger partial charge >= 0.3 is 58.4 Å². The van der Waals surface area contributed by atoms with E-state index in [0.29, 0.717) is 13.1 Å². The number of aromatic nitrogens is 1. The van der Waals surface area contributed by atoms with Crippen molar-refractivity contribution in [1.29, 1.82) is 0 Å². The first-order valence-corrected chi connectivity index (χ1v) is 4.90. The summed E-state index contributed by atoms with van der Waals surface area (Å²) in [6.45, 7) is -3.65. The molecule has 1 fully saturated rings. The molecule has 0 unspecified atom stereocenters. The number of hydrogen-bond donors (Lipinski definition) is 0. The Morgan fingerprint density at radius 1 is 1.38 bits per heavy atom. The molecular formula is C9H11BF3KN2. The van der Waals surface area contributed by atoms with Crippen LogP contribution in [0.15, 0.2) is 24.5 Å². The molecule has 0 amide bonds. The second kappa shape index (κ2) is 5.86. The van der Waals surface area contributed by atoms with Crippen molar-refractivity contribution in [2.45, 2.75) is 6.32 Å². The predicted octanol–water partition coefficient (Wildman–Crippen LogP) is -0.631. The van der Waals surface area contributed by atoms with Gasteiger partial charge in [-0.25, -0.2) is 0 Å². The van der Waals surface area contributed by atoms with Gasteiger partial charge in [0, 0.05) is 19.3 Å². The van der Waals surface area contributed by atoms with Crippen LogP contribution in [0.2, 0.25) is 6.32 Å². The van der Waals surface area contributed by atoms with Gasteiger partial charge in [-0.1, -0.05) is 6.32 Å². The Morgan fingerprint density at radius 2 is 2.06 bits per heavy atom. The van der Waals surface area contributed by atoms with Gasteiger partial charge in [0.15, 0.2) is 0 Å². The fraction of sp³-hybridized carbons (Fsp3) is 0.444. The minimum absolute atomic E-state index is 0. The molecule has 0 radical (unpaired) electrons. The van der Waals surface area contributed by atoms with Crippen LogP contribution in [0.25, 0.3) is 0 Å². The molecule has 2 rings (SSSR count). The normalized spacial score (nSPS) is 16.6. The summed E-state index contributed by atoms with van der Waals surface area (Å²) < 4.78 is 36.3. The topological polar surface area (TPSA) is 16.1 Å². The Bertz CT molecular complexity index is 327. The zero-order valence-corrected chi connectivity index (χ0v) is 12.2. The maximum Gasteiger partial charge on any atom is 1.00 e. The zero-order valence-electron chi connectivity index (χ0n) is 9.11. The summed E-state index contributed by atoms with van der Waals surface area (Å²) in [7, 11) is 0. The van der Waals surface area contributed by atoms with Gasteiger partial charge in [-0.2, -0.15) is 0 Å². The number of hydrogen-bond acceptors (Lipinski definition) is 2. The average Bonchev–Trinajstić information content (AvgIpc) is 2.11. The molecule has 1 aliphatic heterocycles. The van der Waals surface area contributed by atoms with Crippen LogP contribution in [-0.2, 0) is 0 Å². The van der Waals surface area contributed by atoms with Crippen LogP contribution in [0.3, 0.4) is 0 Å². The molecule has 82 valence electrons. The molecule has 0 saturated carbocycles. The predicted molar refractivity (Wildman–Crippen MR) is 53.8 cm³/mol. The Kier molecular flexibility index (Phi) is 5.31. The maximum absolute atomic E-state index is 12.1. The number of nitrogens with zero attached hydrogens (tertiary/aromatic N) is 2. The van der Waals surface area contributed by atoms with E-state index in [2.05, 4.69) is 4.98 Å². The molecule has 0 bridgehead atoms. The second-order valence-electron chi connectivity index (χ2n) is 3.93. The first kappa shape index (κ1) is 14.5. The van der Waals surface area contributed by atoms with Gasteiger partial charge in [0.25, 0.3) is 0 Å². The third kappa shape index (κ3) is 4.03. The van der Waals surface area contributed by atoms with Crippen molar-refractivity contribution in [2.24, 2.45) is 5.92 Å². The van der Waals surface area contributed by atoms with Crippen molar-refractivity contribution in [3.8, 4) is 0 Å². The molecule has 1 aromatic heterocycles. The fourth-order valence-corrected chi connectivity index (χ4v) is 1.85. The molecule has 7 heteroatoms. The third-order valence-electron chi connectivity index (χ3n) is 2.57. The summed E-state index contributed by atoms with van der Waals surface area (Å²) in [6, 6.07) is 3.65. The van der Waals surface area contributed by atoms with Gasteiger partial charge in [0.05, 0.1) is 11.9 Å². The molecule has 2 heterocycles. The van der Waals surface area contributed by atoms with E-state index in [-0.39, 0.29) is 57.3 Å². The Balaban J connectivity index is 0.00000128. The molecule has 1 saturated heterocycles. The van der Waals surface area contributed by atoms with Crippen molar-refractivity contribution in [3.05, 3.63) is 24.5 Å². The van der Waals surface area contributed by atoms with Gasteiger partial charge in [-0.3, -0.25) is 4.98 Å². The fourth-order valence-electron chi connectivity index (χ4n) is 1.85. The summed E-state index contributed by atoms with van der Waals surface area (Å²) in [4.78, 5) is 5.84. The molecule has 0 atom stereocenters. The zero-order chi connectivity index (χ0) is 10.9. The van der Waals surface area contributed by atoms with Gasteiger partial charge in [0.1, 0.15) is 0 Å². The second-order valence-corrected chi connectivity index (χ2v) is 3.93. The van der Waals surface area contributed by atoms with Crippen molar-refractivity contribution in [1.82, 2.24) is 4.98 Å². The molecule has 1 aliphatic rings. The van der Waals surface area contributed by atoms with E-state index >= 15 is 0 Å². The van der Waals surface area contributed by atoms with Crippen molar-refractivity contribution < 1.29 is 64.3 Å². The van der Waals surface area contributed by atoms with E-state index in [1.165, 1.54) is 0 Å². The number of anilines is 1. The van der Waals surface area contributed by atoms with Crippen molar-refractivity contribution in [3.63, 3.8) is 0 Å². The molecule has 2 nitrogen and oxygen atoms in total. The number of rotatable bonds is 3. The summed E-state index contributed by atoms with van der Waals surface area (Å²) in [5.41, 5.74) is 0.906. The smallest absolute Gasteiger partial charge is 0.449 e. The number of halogens is 3. The van der Waals surface area contributed by atoms with Gasteiger partial charge < -0.3 is 17.8 Å². The molecular weight excluding hydrogens is 243 g/mol. The van der Waals surface area contributed by atoms with Crippen LogP contribution in [0.1, 0.15) is 0 Å². The van der Waals surface area contributed by atoms with Gasteiger partial charge in [0.2, 0.25) is 0 Å². The van der Waals surface area contributed by atoms with Gasteiger partial charge in [-0.15, -0.1) is 0 Å². The molecule has 1 aromatic rings. The van der Waals surface area contributed by atoms with Gasteiger partial charge in [-0.05, 0) is 18.1 Å². The summed E-state index contributed by atoms with van der Waals surface area (Å²) >= 11 is 0. The summed E-state index contributed by atoms with van der Waals surface area (Å²) in [5.74, 6) is -0.231. The van der Waals surface area contributed by atoms with Crippen LogP contribution < -0.4 is 56.3 Å². The largest absolute Gasteiger partial charge is 1.00 e.